The Morgan fingerprint density at radius 1 is 1.21 bits per heavy atom. The van der Waals surface area contributed by atoms with Gasteiger partial charge in [0, 0.05) is 39.3 Å². The molecule has 3 nitrogen and oxygen atoms in total. The summed E-state index contributed by atoms with van der Waals surface area (Å²) in [5.74, 6) is 0. The zero-order valence-corrected chi connectivity index (χ0v) is 12.4. The first-order valence-electron chi connectivity index (χ1n) is 5.95. The monoisotopic (exact) mass is 331 g/mol. The van der Waals surface area contributed by atoms with Gasteiger partial charge in [0.15, 0.2) is 4.96 Å². The third-order valence-electron chi connectivity index (χ3n) is 3.21. The molecule has 5 heteroatoms. The van der Waals surface area contributed by atoms with Crippen molar-refractivity contribution in [1.82, 2.24) is 14.0 Å². The first-order chi connectivity index (χ1) is 9.29. The van der Waals surface area contributed by atoms with E-state index in [0.717, 1.165) is 21.7 Å². The van der Waals surface area contributed by atoms with E-state index in [1.165, 1.54) is 10.9 Å². The Labute approximate surface area is 122 Å². The minimum atomic E-state index is 0.805. The average molecular weight is 332 g/mol. The fourth-order valence-corrected chi connectivity index (χ4v) is 3.43. The molecule has 0 saturated heterocycles. The van der Waals surface area contributed by atoms with Gasteiger partial charge in [0.1, 0.15) is 0 Å². The van der Waals surface area contributed by atoms with Crippen molar-refractivity contribution >= 4 is 43.1 Å². The quantitative estimate of drug-likeness (QED) is 0.540. The molecule has 4 aromatic rings. The summed E-state index contributed by atoms with van der Waals surface area (Å²) in [6.07, 6.45) is 6.25. The fraction of sp³-hybridized carbons (Fsp3) is 0.0714. The molecule has 0 aliphatic carbocycles. The molecule has 0 atom stereocenters. The molecule has 19 heavy (non-hydrogen) atoms. The summed E-state index contributed by atoms with van der Waals surface area (Å²) in [5.41, 5.74) is 2.33. The fourth-order valence-electron chi connectivity index (χ4n) is 2.34. The van der Waals surface area contributed by atoms with Crippen LogP contribution in [0.25, 0.3) is 15.9 Å². The number of imidazole rings is 1. The molecule has 0 radical (unpaired) electrons. The molecular formula is C14H10BrN3S. The largest absolute Gasteiger partial charge is 0.341 e. The average Bonchev–Trinajstić information content (AvgIpc) is 3.04. The Morgan fingerprint density at radius 2 is 2.16 bits per heavy atom. The van der Waals surface area contributed by atoms with E-state index < -0.39 is 0 Å². The van der Waals surface area contributed by atoms with E-state index in [4.69, 9.17) is 0 Å². The second-order valence-corrected chi connectivity index (χ2v) is 6.26. The highest BCUT2D eigenvalue weighted by atomic mass is 79.9. The Balaban J connectivity index is 1.76. The Kier molecular flexibility index (Phi) is 2.50. The van der Waals surface area contributed by atoms with Gasteiger partial charge in [-0.25, -0.2) is 4.98 Å². The summed E-state index contributed by atoms with van der Waals surface area (Å²) < 4.78 is 5.41. The Bertz CT molecular complexity index is 843. The predicted octanol–water partition coefficient (Wildman–Crippen LogP) is 4.16. The number of halogens is 1. The third kappa shape index (κ3) is 1.89. The van der Waals surface area contributed by atoms with Gasteiger partial charge in [-0.05, 0) is 24.3 Å². The summed E-state index contributed by atoms with van der Waals surface area (Å²) in [6.45, 7) is 0.805. The number of thiazole rings is 1. The molecule has 1 aromatic carbocycles. The normalized spacial score (nSPS) is 11.6. The van der Waals surface area contributed by atoms with E-state index in [1.54, 1.807) is 11.3 Å². The van der Waals surface area contributed by atoms with Crippen LogP contribution in [0.1, 0.15) is 5.69 Å². The maximum Gasteiger partial charge on any atom is 0.193 e. The Hall–Kier alpha value is -1.59. The lowest BCUT2D eigenvalue weighted by Crippen LogP contribution is -1.97. The van der Waals surface area contributed by atoms with Gasteiger partial charge in [-0.15, -0.1) is 11.3 Å². The van der Waals surface area contributed by atoms with Crippen molar-refractivity contribution in [3.05, 3.63) is 58.4 Å². The van der Waals surface area contributed by atoms with Crippen LogP contribution in [0.5, 0.6) is 0 Å². The maximum absolute atomic E-state index is 4.62. The molecule has 0 saturated carbocycles. The number of fused-ring (bicyclic) bond motifs is 2. The number of hydrogen-bond acceptors (Lipinski definition) is 2. The van der Waals surface area contributed by atoms with Crippen molar-refractivity contribution in [2.45, 2.75) is 6.54 Å². The van der Waals surface area contributed by atoms with E-state index in [2.05, 4.69) is 71.9 Å². The van der Waals surface area contributed by atoms with Crippen molar-refractivity contribution in [3.8, 4) is 0 Å². The maximum atomic E-state index is 4.62. The zero-order valence-electron chi connectivity index (χ0n) is 9.95. The standard InChI is InChI=1S/C14H10BrN3S/c15-11-1-2-13-10(7-11)3-4-17(13)8-12-9-18-5-6-19-14(18)16-12/h1-7,9H,8H2. The molecule has 3 aromatic heterocycles. The van der Waals surface area contributed by atoms with E-state index in [-0.39, 0.29) is 0 Å². The SMILES string of the molecule is Brc1ccc2c(ccn2Cc2cn3ccsc3n2)c1. The van der Waals surface area contributed by atoms with Gasteiger partial charge >= 0.3 is 0 Å². The molecule has 4 rings (SSSR count). The van der Waals surface area contributed by atoms with E-state index >= 15 is 0 Å². The molecule has 0 amide bonds. The second kappa shape index (κ2) is 4.21. The number of benzene rings is 1. The molecule has 0 aliphatic rings. The van der Waals surface area contributed by atoms with Gasteiger partial charge in [-0.2, -0.15) is 0 Å². The second-order valence-electron chi connectivity index (χ2n) is 4.47. The minimum Gasteiger partial charge on any atom is -0.341 e. The highest BCUT2D eigenvalue weighted by molar-refractivity contribution is 9.10. The van der Waals surface area contributed by atoms with Crippen LogP contribution in [-0.2, 0) is 6.54 Å². The van der Waals surface area contributed by atoms with Gasteiger partial charge in [-0.1, -0.05) is 15.9 Å². The summed E-state index contributed by atoms with van der Waals surface area (Å²) in [6, 6.07) is 8.48. The predicted molar refractivity (Wildman–Crippen MR) is 81.8 cm³/mol. The molecule has 0 fully saturated rings. The van der Waals surface area contributed by atoms with Crippen molar-refractivity contribution < 1.29 is 0 Å². The number of rotatable bonds is 2. The topological polar surface area (TPSA) is 22.2 Å². The van der Waals surface area contributed by atoms with Crippen LogP contribution in [-0.4, -0.2) is 14.0 Å². The lowest BCUT2D eigenvalue weighted by atomic mass is 10.2. The van der Waals surface area contributed by atoms with Gasteiger partial charge in [-0.3, -0.25) is 4.40 Å². The zero-order chi connectivity index (χ0) is 12.8. The van der Waals surface area contributed by atoms with Crippen LogP contribution < -0.4 is 0 Å². The number of hydrogen-bond donors (Lipinski definition) is 0. The molecule has 94 valence electrons. The highest BCUT2D eigenvalue weighted by Gasteiger charge is 2.06. The van der Waals surface area contributed by atoms with Crippen molar-refractivity contribution in [1.29, 1.82) is 0 Å². The van der Waals surface area contributed by atoms with Crippen LogP contribution in [0.15, 0.2) is 52.7 Å². The van der Waals surface area contributed by atoms with Crippen LogP contribution >= 0.6 is 27.3 Å². The summed E-state index contributed by atoms with van der Waals surface area (Å²) >= 11 is 5.17. The lowest BCUT2D eigenvalue weighted by molar-refractivity contribution is 0.815. The molecule has 0 aliphatic heterocycles. The van der Waals surface area contributed by atoms with Gasteiger partial charge in [0.2, 0.25) is 0 Å². The number of nitrogens with zero attached hydrogens (tertiary/aromatic N) is 3. The van der Waals surface area contributed by atoms with Crippen LogP contribution in [0.4, 0.5) is 0 Å². The Morgan fingerprint density at radius 3 is 3.05 bits per heavy atom. The molecule has 0 bridgehead atoms. The van der Waals surface area contributed by atoms with Crippen LogP contribution in [0.2, 0.25) is 0 Å². The highest BCUT2D eigenvalue weighted by Crippen LogP contribution is 2.22. The van der Waals surface area contributed by atoms with E-state index in [1.807, 2.05) is 6.20 Å². The molecule has 0 N–H and O–H groups in total. The van der Waals surface area contributed by atoms with Crippen molar-refractivity contribution in [2.75, 3.05) is 0 Å². The van der Waals surface area contributed by atoms with Gasteiger partial charge in [0.25, 0.3) is 0 Å². The molecule has 3 heterocycles. The van der Waals surface area contributed by atoms with Gasteiger partial charge < -0.3 is 4.57 Å². The first-order valence-corrected chi connectivity index (χ1v) is 7.62. The van der Waals surface area contributed by atoms with E-state index in [0.29, 0.717) is 0 Å². The third-order valence-corrected chi connectivity index (χ3v) is 4.47. The van der Waals surface area contributed by atoms with Crippen molar-refractivity contribution in [2.24, 2.45) is 0 Å². The van der Waals surface area contributed by atoms with Crippen LogP contribution in [0, 0.1) is 0 Å². The summed E-state index contributed by atoms with van der Waals surface area (Å²) in [5, 5.41) is 3.30. The van der Waals surface area contributed by atoms with Crippen LogP contribution in [0.3, 0.4) is 0 Å². The molecule has 0 spiro atoms. The summed E-state index contributed by atoms with van der Waals surface area (Å²) in [4.78, 5) is 5.67. The number of aromatic nitrogens is 3. The lowest BCUT2D eigenvalue weighted by Gasteiger charge is -2.02. The van der Waals surface area contributed by atoms with Gasteiger partial charge in [0.05, 0.1) is 12.2 Å². The molecule has 0 unspecified atom stereocenters. The van der Waals surface area contributed by atoms with Crippen molar-refractivity contribution in [3.63, 3.8) is 0 Å². The van der Waals surface area contributed by atoms with E-state index in [9.17, 15) is 0 Å². The molecular weight excluding hydrogens is 322 g/mol. The minimum absolute atomic E-state index is 0.805. The first kappa shape index (κ1) is 11.3. The summed E-state index contributed by atoms with van der Waals surface area (Å²) in [7, 11) is 0. The smallest absolute Gasteiger partial charge is 0.193 e.